The van der Waals surface area contributed by atoms with Gasteiger partial charge in [0.15, 0.2) is 0 Å². The number of fused-ring (bicyclic) bond motifs is 34. The van der Waals surface area contributed by atoms with E-state index in [1.54, 1.807) is 0 Å². The van der Waals surface area contributed by atoms with Crippen LogP contribution in [0.1, 0.15) is 0 Å². The molecule has 0 fully saturated rings. The summed E-state index contributed by atoms with van der Waals surface area (Å²) in [6.07, 6.45) is 0. The highest BCUT2D eigenvalue weighted by Crippen LogP contribution is 2.50. The lowest BCUT2D eigenvalue weighted by molar-refractivity contribution is 0.669. The van der Waals surface area contributed by atoms with Crippen molar-refractivity contribution >= 4 is 239 Å². The van der Waals surface area contributed by atoms with E-state index in [1.807, 2.05) is 24.3 Å². The van der Waals surface area contributed by atoms with Crippen LogP contribution in [0.15, 0.2) is 492 Å². The van der Waals surface area contributed by atoms with Gasteiger partial charge in [-0.25, -0.2) is 29.9 Å². The van der Waals surface area contributed by atoms with Gasteiger partial charge in [0.1, 0.15) is 33.5 Å². The predicted octanol–water partition coefficient (Wildman–Crippen LogP) is 36.3. The molecular formula is C136H79N9O3. The summed E-state index contributed by atoms with van der Waals surface area (Å²) in [6.45, 7) is 0. The van der Waals surface area contributed by atoms with Crippen LogP contribution in [-0.2, 0) is 0 Å². The highest BCUT2D eigenvalue weighted by Gasteiger charge is 2.29. The Morgan fingerprint density at radius 1 is 0.149 bits per heavy atom. The molecule has 9 aromatic heterocycles. The SMILES string of the molecule is c1ccc(-c2ccc3c(c2)c2c4ccccc4ccc2n3-c2nc(-c3cccc4c3oc3ccc5ccccc5c34)c3ccccc3n2)cc1.c1ccc2c(-c3ccc4c(c3)c3c5ccccc5ccc3n4-c3nc(-c4cccc5c4oc4ccc6ccccc6c45)c4ccccc4n3)cccc2c1.c1ccc2c(c1)ccc1oc3c(-c4nc(-n5c6ccccc6c6c7ccccc7ccc65)nc5ccccc45)cccc3c12. The Morgan fingerprint density at radius 3 is 0.804 bits per heavy atom. The van der Waals surface area contributed by atoms with Crippen LogP contribution in [0, 0.1) is 0 Å². The number of aromatic nitrogens is 9. The first kappa shape index (κ1) is 82.6. The van der Waals surface area contributed by atoms with Gasteiger partial charge >= 0.3 is 0 Å². The first-order valence-corrected chi connectivity index (χ1v) is 50.1. The number of rotatable bonds is 8. The zero-order chi connectivity index (χ0) is 96.9. The van der Waals surface area contributed by atoms with Gasteiger partial charge in [0.05, 0.1) is 66.7 Å². The van der Waals surface area contributed by atoms with Crippen molar-refractivity contribution in [1.82, 2.24) is 43.6 Å². The average Bonchev–Trinajstić information content (AvgIpc) is 1.57. The smallest absolute Gasteiger partial charge is 0.235 e. The van der Waals surface area contributed by atoms with Crippen molar-refractivity contribution in [3.05, 3.63) is 479 Å². The largest absolute Gasteiger partial charge is 0.455 e. The van der Waals surface area contributed by atoms with Crippen LogP contribution >= 0.6 is 0 Å². The van der Waals surface area contributed by atoms with Crippen LogP contribution in [0.2, 0.25) is 0 Å². The van der Waals surface area contributed by atoms with Gasteiger partial charge in [-0.15, -0.1) is 0 Å². The van der Waals surface area contributed by atoms with E-state index in [4.69, 9.17) is 43.2 Å². The van der Waals surface area contributed by atoms with Crippen LogP contribution in [0.5, 0.6) is 0 Å². The quantitative estimate of drug-likeness (QED) is 0.146. The number of furan rings is 3. The van der Waals surface area contributed by atoms with Gasteiger partial charge in [-0.05, 0) is 201 Å². The number of para-hydroxylation sites is 7. The summed E-state index contributed by atoms with van der Waals surface area (Å²) in [5, 5.41) is 33.5. The van der Waals surface area contributed by atoms with Crippen molar-refractivity contribution in [3.8, 4) is 73.9 Å². The molecule has 0 aliphatic rings. The van der Waals surface area contributed by atoms with Crippen molar-refractivity contribution in [3.63, 3.8) is 0 Å². The fourth-order valence-corrected chi connectivity index (χ4v) is 23.8. The predicted molar refractivity (Wildman–Crippen MR) is 613 cm³/mol. The maximum atomic E-state index is 6.73. The van der Waals surface area contributed by atoms with Crippen LogP contribution in [0.25, 0.3) is 313 Å². The highest BCUT2D eigenvalue weighted by molar-refractivity contribution is 6.29. The Kier molecular flexibility index (Phi) is 18.3. The first-order chi connectivity index (χ1) is 73.4. The molecule has 0 spiro atoms. The van der Waals surface area contributed by atoms with E-state index in [2.05, 4.69) is 469 Å². The third-order valence-corrected chi connectivity index (χ3v) is 30.4. The summed E-state index contributed by atoms with van der Waals surface area (Å²) in [4.78, 5) is 32.0. The van der Waals surface area contributed by atoms with Crippen LogP contribution < -0.4 is 0 Å². The molecule has 0 N–H and O–H groups in total. The standard InChI is InChI=1S/C50H29N3O.C46H27N3O.C40H23N3O/c1-4-15-34-30(11-1)14-9-19-35(34)33-24-26-43-41(29-33)46-36-16-5-2-12-31(36)23-27-44(46)53(43)50-51-42-22-8-7-18-38(42)48(52-50)40-21-10-20-39-47-37-17-6-3-13-32(37)25-28-45(47)54-49(39)40;1-2-11-28(12-3-1)31-22-24-39-37(27-31)42-32-15-6-4-13-29(32)21-25-40(42)49(39)46-47-38-20-9-8-17-34(38)44(48-46)36-19-10-18-35-43-33-16-7-5-14-30(33)23-26-41(43)50-45(35)36;1-3-12-26-24(10-1)20-22-34-36(26)29-15-6-8-19-33(29)43(34)40-41-32-18-7-5-14-28(32)38(42-40)31-17-9-16-30-37-27-13-4-2-11-25(27)21-23-35(37)44-39(30)31/h1-29H;1-27H;1-23H. The Balaban J connectivity index is 0.000000101. The van der Waals surface area contributed by atoms with E-state index in [0.29, 0.717) is 17.8 Å². The van der Waals surface area contributed by atoms with Crippen LogP contribution in [0.4, 0.5) is 0 Å². The second kappa shape index (κ2) is 32.7. The molecule has 686 valence electrons. The molecule has 0 radical (unpaired) electrons. The van der Waals surface area contributed by atoms with E-state index >= 15 is 0 Å². The lowest BCUT2D eigenvalue weighted by Gasteiger charge is -2.12. The minimum absolute atomic E-state index is 0.621. The Labute approximate surface area is 843 Å². The summed E-state index contributed by atoms with van der Waals surface area (Å²) in [5.41, 5.74) is 24.3. The van der Waals surface area contributed by atoms with Gasteiger partial charge in [-0.3, -0.25) is 13.7 Å². The van der Waals surface area contributed by atoms with Crippen molar-refractivity contribution in [1.29, 1.82) is 0 Å². The normalized spacial score (nSPS) is 12.1. The summed E-state index contributed by atoms with van der Waals surface area (Å²) in [6, 6.07) is 169. The summed E-state index contributed by atoms with van der Waals surface area (Å²) >= 11 is 0. The highest BCUT2D eigenvalue weighted by atomic mass is 16.3. The first-order valence-electron chi connectivity index (χ1n) is 50.1. The van der Waals surface area contributed by atoms with Gasteiger partial charge in [0, 0.05) is 97.5 Å². The van der Waals surface area contributed by atoms with Crippen LogP contribution in [-0.4, -0.2) is 43.6 Å². The van der Waals surface area contributed by atoms with Crippen molar-refractivity contribution < 1.29 is 13.3 Å². The monoisotopic (exact) mass is 1890 g/mol. The van der Waals surface area contributed by atoms with Crippen LogP contribution in [0.3, 0.4) is 0 Å². The zero-order valence-electron chi connectivity index (χ0n) is 79.4. The third kappa shape index (κ3) is 12.7. The van der Waals surface area contributed by atoms with Gasteiger partial charge in [-0.2, -0.15) is 0 Å². The fourth-order valence-electron chi connectivity index (χ4n) is 23.8. The molecule has 0 aliphatic carbocycles. The molecule has 0 atom stereocenters. The number of benzene rings is 24. The lowest BCUT2D eigenvalue weighted by atomic mass is 9.96. The second-order valence-electron chi connectivity index (χ2n) is 38.4. The Morgan fingerprint density at radius 2 is 0.412 bits per heavy atom. The molecule has 24 aromatic carbocycles. The Hall–Kier alpha value is -20.1. The molecule has 0 bridgehead atoms. The number of hydrogen-bond acceptors (Lipinski definition) is 9. The molecule has 0 unspecified atom stereocenters. The Bertz CT molecular complexity index is 11500. The van der Waals surface area contributed by atoms with Crippen molar-refractivity contribution in [2.75, 3.05) is 0 Å². The molecule has 12 nitrogen and oxygen atoms in total. The second-order valence-corrected chi connectivity index (χ2v) is 38.4. The summed E-state index contributed by atoms with van der Waals surface area (Å²) < 4.78 is 26.8. The minimum atomic E-state index is 0.621. The molecule has 0 saturated carbocycles. The van der Waals surface area contributed by atoms with E-state index in [1.165, 1.54) is 125 Å². The van der Waals surface area contributed by atoms with Crippen molar-refractivity contribution in [2.24, 2.45) is 0 Å². The van der Waals surface area contributed by atoms with Gasteiger partial charge < -0.3 is 13.3 Å². The molecule has 0 saturated heterocycles. The molecule has 9 heterocycles. The lowest BCUT2D eigenvalue weighted by Crippen LogP contribution is -2.03. The molecule has 12 heteroatoms. The van der Waals surface area contributed by atoms with E-state index in [0.717, 1.165) is 171 Å². The fraction of sp³-hybridized carbons (Fsp3) is 0. The summed E-state index contributed by atoms with van der Waals surface area (Å²) in [7, 11) is 0. The molecule has 0 amide bonds. The third-order valence-electron chi connectivity index (χ3n) is 30.4. The molecule has 148 heavy (non-hydrogen) atoms. The maximum Gasteiger partial charge on any atom is 0.235 e. The van der Waals surface area contributed by atoms with Gasteiger partial charge in [0.2, 0.25) is 17.8 Å². The molecule has 0 aliphatic heterocycles. The average molecular weight is 1890 g/mol. The van der Waals surface area contributed by atoms with Gasteiger partial charge in [-0.1, -0.05) is 376 Å². The molecule has 33 aromatic rings. The topological polar surface area (TPSA) is 132 Å². The van der Waals surface area contributed by atoms with E-state index < -0.39 is 0 Å². The maximum absolute atomic E-state index is 6.73. The number of hydrogen-bond donors (Lipinski definition) is 0. The molecule has 33 rings (SSSR count). The van der Waals surface area contributed by atoms with Crippen molar-refractivity contribution in [2.45, 2.75) is 0 Å². The van der Waals surface area contributed by atoms with Gasteiger partial charge in [0.25, 0.3) is 0 Å². The minimum Gasteiger partial charge on any atom is -0.455 e. The van der Waals surface area contributed by atoms with E-state index in [9.17, 15) is 0 Å². The molecular weight excluding hydrogens is 1810 g/mol. The van der Waals surface area contributed by atoms with E-state index in [-0.39, 0.29) is 0 Å². The zero-order valence-corrected chi connectivity index (χ0v) is 79.4. The number of nitrogens with zero attached hydrogens (tertiary/aromatic N) is 9. The summed E-state index contributed by atoms with van der Waals surface area (Å²) in [5.74, 6) is 1.88.